The van der Waals surface area contributed by atoms with Crippen molar-refractivity contribution in [3.63, 3.8) is 0 Å². The van der Waals surface area contributed by atoms with Gasteiger partial charge in [0.2, 0.25) is 0 Å². The number of allylic oxidation sites excluding steroid dienone is 1. The highest BCUT2D eigenvalue weighted by atomic mass is 16.3. The Morgan fingerprint density at radius 1 is 1.09 bits per heavy atom. The van der Waals surface area contributed by atoms with Crippen molar-refractivity contribution in [2.24, 2.45) is 28.6 Å². The molecule has 7 atom stereocenters. The predicted molar refractivity (Wildman–Crippen MR) is 93.0 cm³/mol. The van der Waals surface area contributed by atoms with Crippen molar-refractivity contribution >= 4 is 0 Å². The van der Waals surface area contributed by atoms with Gasteiger partial charge in [0.1, 0.15) is 0 Å². The largest absolute Gasteiger partial charge is 0.393 e. The lowest BCUT2D eigenvalue weighted by Gasteiger charge is -2.59. The van der Waals surface area contributed by atoms with Gasteiger partial charge in [0.05, 0.1) is 11.7 Å². The van der Waals surface area contributed by atoms with Crippen LogP contribution in [0.2, 0.25) is 0 Å². The second kappa shape index (κ2) is 5.08. The maximum absolute atomic E-state index is 11.2. The monoisotopic (exact) mass is 318 g/mol. The minimum Gasteiger partial charge on any atom is -0.393 e. The molecule has 0 unspecified atom stereocenters. The zero-order valence-electron chi connectivity index (χ0n) is 15.1. The lowest BCUT2D eigenvalue weighted by Crippen LogP contribution is -2.54. The van der Waals surface area contributed by atoms with Crippen molar-refractivity contribution in [1.29, 1.82) is 0 Å². The summed E-state index contributed by atoms with van der Waals surface area (Å²) in [5.41, 5.74) is 1.55. The van der Waals surface area contributed by atoms with Gasteiger partial charge in [0.15, 0.2) is 0 Å². The minimum absolute atomic E-state index is 0.114. The van der Waals surface area contributed by atoms with Crippen LogP contribution in [0.25, 0.3) is 0 Å². The maximum Gasteiger partial charge on any atom is 0.0701 e. The van der Waals surface area contributed by atoms with Crippen LogP contribution in [0.5, 0.6) is 0 Å². The summed E-state index contributed by atoms with van der Waals surface area (Å²) in [6.45, 7) is 7.03. The average molecular weight is 319 g/mol. The molecule has 3 saturated carbocycles. The van der Waals surface area contributed by atoms with E-state index in [2.05, 4.69) is 26.8 Å². The average Bonchev–Trinajstić information content (AvgIpc) is 2.80. The Bertz CT molecular complexity index is 526. The normalized spacial score (nSPS) is 55.6. The van der Waals surface area contributed by atoms with Crippen LogP contribution in [0.4, 0.5) is 0 Å². The summed E-state index contributed by atoms with van der Waals surface area (Å²) in [6.07, 6.45) is 12.2. The van der Waals surface area contributed by atoms with Crippen molar-refractivity contribution in [2.75, 3.05) is 0 Å². The molecule has 0 heterocycles. The molecule has 23 heavy (non-hydrogen) atoms. The molecule has 2 heteroatoms. The molecule has 0 amide bonds. The van der Waals surface area contributed by atoms with Gasteiger partial charge in [-0.15, -0.1) is 0 Å². The van der Waals surface area contributed by atoms with E-state index in [-0.39, 0.29) is 11.5 Å². The molecule has 0 spiro atoms. The first-order valence-corrected chi connectivity index (χ1v) is 9.94. The quantitative estimate of drug-likeness (QED) is 0.701. The van der Waals surface area contributed by atoms with Crippen molar-refractivity contribution < 1.29 is 10.2 Å². The molecule has 0 aromatic rings. The second-order valence-corrected chi connectivity index (χ2v) is 9.54. The number of hydrogen-bond donors (Lipinski definition) is 2. The Morgan fingerprint density at radius 2 is 1.83 bits per heavy atom. The number of aliphatic hydroxyl groups excluding tert-OH is 1. The van der Waals surface area contributed by atoms with Crippen LogP contribution in [-0.2, 0) is 0 Å². The summed E-state index contributed by atoms with van der Waals surface area (Å²) >= 11 is 0. The fraction of sp³-hybridized carbons (Fsp3) is 0.905. The van der Waals surface area contributed by atoms with E-state index < -0.39 is 5.60 Å². The van der Waals surface area contributed by atoms with Gasteiger partial charge in [-0.3, -0.25) is 0 Å². The van der Waals surface area contributed by atoms with Gasteiger partial charge < -0.3 is 10.2 Å². The smallest absolute Gasteiger partial charge is 0.0701 e. The van der Waals surface area contributed by atoms with E-state index in [1.165, 1.54) is 25.7 Å². The standard InChI is InChI=1S/C21H34O2/c1-4-21(23)12-9-18-16-6-5-14-13-15(22)7-10-19(14,2)17(16)8-11-20(18,21)3/h5,15-18,22-23H,4,6-13H2,1-3H3/t15-,16-,17+,18-,19+,20+,21+/m1/s1. The molecule has 2 nitrogen and oxygen atoms in total. The first kappa shape index (κ1) is 16.1. The van der Waals surface area contributed by atoms with E-state index >= 15 is 0 Å². The molecule has 2 N–H and O–H groups in total. The molecule has 4 aliphatic carbocycles. The minimum atomic E-state index is -0.434. The molecule has 0 aliphatic heterocycles. The predicted octanol–water partition coefficient (Wildman–Crippen LogP) is 4.45. The summed E-state index contributed by atoms with van der Waals surface area (Å²) in [4.78, 5) is 0. The molecule has 0 aromatic heterocycles. The van der Waals surface area contributed by atoms with Gasteiger partial charge in [0.25, 0.3) is 0 Å². The van der Waals surface area contributed by atoms with Gasteiger partial charge in [0, 0.05) is 0 Å². The first-order valence-electron chi connectivity index (χ1n) is 9.94. The third-order valence-electron chi connectivity index (χ3n) is 8.98. The van der Waals surface area contributed by atoms with Crippen LogP contribution in [0.1, 0.15) is 78.6 Å². The topological polar surface area (TPSA) is 40.5 Å². The van der Waals surface area contributed by atoms with E-state index in [0.29, 0.717) is 11.3 Å². The molecule has 130 valence electrons. The Labute approximate surface area is 141 Å². The zero-order valence-corrected chi connectivity index (χ0v) is 15.1. The summed E-state index contributed by atoms with van der Waals surface area (Å²) in [6, 6.07) is 0. The van der Waals surface area contributed by atoms with Crippen molar-refractivity contribution in [2.45, 2.75) is 90.3 Å². The van der Waals surface area contributed by atoms with E-state index in [1.54, 1.807) is 5.57 Å². The fourth-order valence-corrected chi connectivity index (χ4v) is 7.33. The summed E-state index contributed by atoms with van der Waals surface area (Å²) in [5, 5.41) is 21.3. The summed E-state index contributed by atoms with van der Waals surface area (Å²) < 4.78 is 0. The fourth-order valence-electron chi connectivity index (χ4n) is 7.33. The van der Waals surface area contributed by atoms with E-state index in [1.807, 2.05) is 0 Å². The number of rotatable bonds is 1. The van der Waals surface area contributed by atoms with Crippen molar-refractivity contribution in [3.05, 3.63) is 11.6 Å². The molecule has 0 aromatic carbocycles. The molecule has 3 fully saturated rings. The van der Waals surface area contributed by atoms with E-state index in [4.69, 9.17) is 0 Å². The van der Waals surface area contributed by atoms with Gasteiger partial charge >= 0.3 is 0 Å². The van der Waals surface area contributed by atoms with Crippen LogP contribution in [0.3, 0.4) is 0 Å². The second-order valence-electron chi connectivity index (χ2n) is 9.54. The van der Waals surface area contributed by atoms with Crippen LogP contribution in [0.15, 0.2) is 11.6 Å². The van der Waals surface area contributed by atoms with Gasteiger partial charge in [-0.2, -0.15) is 0 Å². The Morgan fingerprint density at radius 3 is 2.57 bits per heavy atom. The highest BCUT2D eigenvalue weighted by Gasteiger charge is 2.62. The van der Waals surface area contributed by atoms with Crippen molar-refractivity contribution in [1.82, 2.24) is 0 Å². The SMILES string of the molecule is CC[C@]1(O)CC[C@@H]2[C@@H]3CC=C4C[C@H](O)CC[C@]4(C)[C@H]3CC[C@@]21C. The highest BCUT2D eigenvalue weighted by molar-refractivity contribution is 5.26. The summed E-state index contributed by atoms with van der Waals surface area (Å²) in [5.74, 6) is 2.21. The molecule has 4 rings (SSSR count). The molecule has 4 aliphatic rings. The Balaban J connectivity index is 1.68. The molecule has 0 saturated heterocycles. The molecular formula is C21H34O2. The number of hydrogen-bond acceptors (Lipinski definition) is 2. The highest BCUT2D eigenvalue weighted by Crippen LogP contribution is 2.67. The lowest BCUT2D eigenvalue weighted by molar-refractivity contribution is -0.125. The Kier molecular flexibility index (Phi) is 3.57. The van der Waals surface area contributed by atoms with E-state index in [9.17, 15) is 10.2 Å². The van der Waals surface area contributed by atoms with Crippen LogP contribution < -0.4 is 0 Å². The Hall–Kier alpha value is -0.340. The van der Waals surface area contributed by atoms with Crippen molar-refractivity contribution in [3.8, 4) is 0 Å². The molecule has 0 bridgehead atoms. The third kappa shape index (κ3) is 2.00. The number of aliphatic hydroxyl groups is 2. The molecular weight excluding hydrogens is 284 g/mol. The third-order valence-corrected chi connectivity index (χ3v) is 8.98. The maximum atomic E-state index is 11.2. The number of fused-ring (bicyclic) bond motifs is 5. The van der Waals surface area contributed by atoms with Crippen LogP contribution in [-0.4, -0.2) is 21.9 Å². The zero-order chi connectivity index (χ0) is 16.5. The van der Waals surface area contributed by atoms with Crippen LogP contribution in [0, 0.1) is 28.6 Å². The van der Waals surface area contributed by atoms with Crippen LogP contribution >= 0.6 is 0 Å². The van der Waals surface area contributed by atoms with E-state index in [0.717, 1.165) is 43.9 Å². The first-order chi connectivity index (χ1) is 10.8. The van der Waals surface area contributed by atoms with Gasteiger partial charge in [-0.05, 0) is 86.4 Å². The molecule has 0 radical (unpaired) electrons. The lowest BCUT2D eigenvalue weighted by atomic mass is 9.47. The summed E-state index contributed by atoms with van der Waals surface area (Å²) in [7, 11) is 0. The van der Waals surface area contributed by atoms with Gasteiger partial charge in [-0.1, -0.05) is 32.4 Å². The van der Waals surface area contributed by atoms with Gasteiger partial charge in [-0.25, -0.2) is 0 Å².